The molecule has 0 N–H and O–H groups in total. The summed E-state index contributed by atoms with van der Waals surface area (Å²) in [5.74, 6) is 1.04. The Hall–Kier alpha value is -3.10. The number of amides is 1. The van der Waals surface area contributed by atoms with E-state index in [0.717, 1.165) is 29.7 Å². The normalized spacial score (nSPS) is 16.2. The third-order valence-corrected chi connectivity index (χ3v) is 7.84. The lowest BCUT2D eigenvalue weighted by Crippen LogP contribution is -2.42. The van der Waals surface area contributed by atoms with Crippen molar-refractivity contribution in [2.24, 2.45) is 0 Å². The summed E-state index contributed by atoms with van der Waals surface area (Å²) in [5, 5.41) is 0. The average molecular weight is 483 g/mol. The zero-order valence-corrected chi connectivity index (χ0v) is 20.3. The largest absolute Gasteiger partial charge is 0.494 e. The molecule has 0 saturated carbocycles. The number of aryl methyl sites for hydroxylation is 1. The zero-order valence-electron chi connectivity index (χ0n) is 19.5. The van der Waals surface area contributed by atoms with Gasteiger partial charge in [-0.1, -0.05) is 29.8 Å². The monoisotopic (exact) mass is 482 g/mol. The highest BCUT2D eigenvalue weighted by Crippen LogP contribution is 2.33. The van der Waals surface area contributed by atoms with E-state index in [2.05, 4.69) is 0 Å². The first kappa shape index (κ1) is 24.0. The Balaban J connectivity index is 1.56. The number of sulfonamides is 1. The molecule has 0 spiro atoms. The first-order chi connectivity index (χ1) is 16.4. The van der Waals surface area contributed by atoms with Crippen LogP contribution in [0.4, 0.5) is 0 Å². The number of nitrogens with zero attached hydrogens (tertiary/aromatic N) is 2. The molecule has 1 saturated heterocycles. The number of benzene rings is 2. The van der Waals surface area contributed by atoms with Gasteiger partial charge in [0.2, 0.25) is 15.9 Å². The molecule has 1 unspecified atom stereocenters. The average Bonchev–Trinajstić information content (AvgIpc) is 3.52. The maximum Gasteiger partial charge on any atom is 0.243 e. The fraction of sp³-hybridized carbons (Fsp3) is 0.346. The third-order valence-electron chi connectivity index (χ3n) is 6.03. The number of furan rings is 1. The van der Waals surface area contributed by atoms with E-state index < -0.39 is 10.0 Å². The lowest BCUT2D eigenvalue weighted by molar-refractivity contribution is -0.132. The van der Waals surface area contributed by atoms with Crippen molar-refractivity contribution in [3.05, 3.63) is 83.8 Å². The third kappa shape index (κ3) is 5.34. The van der Waals surface area contributed by atoms with E-state index >= 15 is 0 Å². The molecule has 4 rings (SSSR count). The summed E-state index contributed by atoms with van der Waals surface area (Å²) in [6.45, 7) is 4.74. The minimum atomic E-state index is -3.90. The van der Waals surface area contributed by atoms with E-state index in [9.17, 15) is 13.2 Å². The molecule has 1 aliphatic rings. The van der Waals surface area contributed by atoms with Gasteiger partial charge in [0.1, 0.15) is 11.5 Å². The number of hydrogen-bond acceptors (Lipinski definition) is 5. The number of hydrogen-bond donors (Lipinski definition) is 0. The van der Waals surface area contributed by atoms with Crippen molar-refractivity contribution in [3.63, 3.8) is 0 Å². The van der Waals surface area contributed by atoms with Crippen LogP contribution in [0, 0.1) is 6.92 Å². The summed E-state index contributed by atoms with van der Waals surface area (Å²) in [6.07, 6.45) is 3.20. The second kappa shape index (κ2) is 10.4. The number of carbonyl (C=O) groups is 1. The Morgan fingerprint density at radius 1 is 1.12 bits per heavy atom. The fourth-order valence-electron chi connectivity index (χ4n) is 4.27. The van der Waals surface area contributed by atoms with E-state index in [1.54, 1.807) is 41.3 Å². The van der Waals surface area contributed by atoms with Gasteiger partial charge in [-0.3, -0.25) is 4.79 Å². The molecule has 1 atom stereocenters. The first-order valence-electron chi connectivity index (χ1n) is 11.5. The van der Waals surface area contributed by atoms with Crippen molar-refractivity contribution < 1.29 is 22.4 Å². The lowest BCUT2D eigenvalue weighted by Gasteiger charge is -2.28. The van der Waals surface area contributed by atoms with Crippen LogP contribution in [-0.2, 0) is 21.4 Å². The Morgan fingerprint density at radius 2 is 1.85 bits per heavy atom. The molecular weight excluding hydrogens is 452 g/mol. The van der Waals surface area contributed by atoms with Crippen LogP contribution in [0.3, 0.4) is 0 Å². The number of rotatable bonds is 9. The van der Waals surface area contributed by atoms with Gasteiger partial charge in [0.15, 0.2) is 0 Å². The van der Waals surface area contributed by atoms with Gasteiger partial charge in [0.25, 0.3) is 0 Å². The maximum atomic E-state index is 13.5. The van der Waals surface area contributed by atoms with Gasteiger partial charge in [-0.05, 0) is 68.7 Å². The zero-order chi connectivity index (χ0) is 24.1. The van der Waals surface area contributed by atoms with E-state index in [1.165, 1.54) is 10.6 Å². The van der Waals surface area contributed by atoms with Gasteiger partial charge in [0, 0.05) is 6.54 Å². The summed E-state index contributed by atoms with van der Waals surface area (Å²) < 4.78 is 39.1. The van der Waals surface area contributed by atoms with E-state index in [0.29, 0.717) is 18.9 Å². The van der Waals surface area contributed by atoms with Crippen LogP contribution in [0.25, 0.3) is 0 Å². The molecule has 180 valence electrons. The quantitative estimate of drug-likeness (QED) is 0.447. The fourth-order valence-corrected chi connectivity index (χ4v) is 5.62. The van der Waals surface area contributed by atoms with Gasteiger partial charge in [-0.2, -0.15) is 4.31 Å². The molecule has 3 aromatic rings. The Bertz CT molecular complexity index is 1190. The highest BCUT2D eigenvalue weighted by Gasteiger charge is 2.34. The number of carbonyl (C=O) groups excluding carboxylic acids is 1. The number of ether oxygens (including phenoxy) is 1. The smallest absolute Gasteiger partial charge is 0.243 e. The molecule has 7 nitrogen and oxygen atoms in total. The second-order valence-electron chi connectivity index (χ2n) is 8.41. The first-order valence-corrected chi connectivity index (χ1v) is 12.9. The summed E-state index contributed by atoms with van der Waals surface area (Å²) in [7, 11) is -3.90. The van der Waals surface area contributed by atoms with E-state index in [1.807, 2.05) is 38.1 Å². The summed E-state index contributed by atoms with van der Waals surface area (Å²) >= 11 is 0. The predicted molar refractivity (Wildman–Crippen MR) is 129 cm³/mol. The van der Waals surface area contributed by atoms with Crippen LogP contribution in [0.15, 0.2) is 76.2 Å². The van der Waals surface area contributed by atoms with Gasteiger partial charge in [-0.15, -0.1) is 0 Å². The molecular formula is C26H30N2O5S. The molecule has 1 aromatic heterocycles. The van der Waals surface area contributed by atoms with Crippen molar-refractivity contribution in [3.8, 4) is 5.75 Å². The van der Waals surface area contributed by atoms with Gasteiger partial charge in [0.05, 0.1) is 36.9 Å². The molecule has 1 amide bonds. The summed E-state index contributed by atoms with van der Waals surface area (Å²) in [6, 6.07) is 17.7. The topological polar surface area (TPSA) is 80.1 Å². The molecule has 0 aliphatic carbocycles. The standard InChI is InChI=1S/C26H30N2O5S/c1-3-32-22-12-10-21(11-13-22)25-7-4-16-28(25)26(29)19-27(18-23-6-5-17-33-23)34(30,31)24-14-8-20(2)9-15-24/h5-6,8-15,17,25H,3-4,7,16,18-19H2,1-2H3. The van der Waals surface area contributed by atoms with Crippen molar-refractivity contribution in [2.75, 3.05) is 19.7 Å². The van der Waals surface area contributed by atoms with Crippen LogP contribution < -0.4 is 4.74 Å². The maximum absolute atomic E-state index is 13.5. The Kier molecular flexibility index (Phi) is 7.38. The van der Waals surface area contributed by atoms with Gasteiger partial charge >= 0.3 is 0 Å². The molecule has 1 aliphatic heterocycles. The highest BCUT2D eigenvalue weighted by atomic mass is 32.2. The summed E-state index contributed by atoms with van der Waals surface area (Å²) in [5.41, 5.74) is 1.98. The van der Waals surface area contributed by atoms with Crippen molar-refractivity contribution >= 4 is 15.9 Å². The minimum Gasteiger partial charge on any atom is -0.494 e. The highest BCUT2D eigenvalue weighted by molar-refractivity contribution is 7.89. The lowest BCUT2D eigenvalue weighted by atomic mass is 10.0. The van der Waals surface area contributed by atoms with Crippen LogP contribution in [0.1, 0.15) is 42.7 Å². The van der Waals surface area contributed by atoms with Crippen LogP contribution in [0.2, 0.25) is 0 Å². The van der Waals surface area contributed by atoms with Crippen molar-refractivity contribution in [2.45, 2.75) is 44.2 Å². The van der Waals surface area contributed by atoms with Gasteiger partial charge in [-0.25, -0.2) is 8.42 Å². The predicted octanol–water partition coefficient (Wildman–Crippen LogP) is 4.54. The van der Waals surface area contributed by atoms with Crippen molar-refractivity contribution in [1.82, 2.24) is 9.21 Å². The SMILES string of the molecule is CCOc1ccc(C2CCCN2C(=O)CN(Cc2ccco2)S(=O)(=O)c2ccc(C)cc2)cc1. The van der Waals surface area contributed by atoms with Crippen molar-refractivity contribution in [1.29, 1.82) is 0 Å². The summed E-state index contributed by atoms with van der Waals surface area (Å²) in [4.78, 5) is 15.4. The molecule has 34 heavy (non-hydrogen) atoms. The molecule has 2 aromatic carbocycles. The van der Waals surface area contributed by atoms with E-state index in [-0.39, 0.29) is 29.9 Å². The number of likely N-dealkylation sites (tertiary alicyclic amines) is 1. The van der Waals surface area contributed by atoms with Crippen LogP contribution >= 0.6 is 0 Å². The molecule has 0 radical (unpaired) electrons. The molecule has 1 fully saturated rings. The van der Waals surface area contributed by atoms with Gasteiger partial charge < -0.3 is 14.1 Å². The molecule has 8 heteroatoms. The Labute approximate surface area is 201 Å². The molecule has 0 bridgehead atoms. The van der Waals surface area contributed by atoms with E-state index in [4.69, 9.17) is 9.15 Å². The Morgan fingerprint density at radius 3 is 2.50 bits per heavy atom. The second-order valence-corrected chi connectivity index (χ2v) is 10.4. The minimum absolute atomic E-state index is 0.0174. The molecule has 2 heterocycles. The van der Waals surface area contributed by atoms with Crippen LogP contribution in [-0.4, -0.2) is 43.2 Å². The van der Waals surface area contributed by atoms with Crippen LogP contribution in [0.5, 0.6) is 5.75 Å².